The molecule has 92 valence electrons. The lowest BCUT2D eigenvalue weighted by molar-refractivity contribution is 0.100. The highest BCUT2D eigenvalue weighted by atomic mass is 79.9. The summed E-state index contributed by atoms with van der Waals surface area (Å²) in [5, 5.41) is 0. The minimum Gasteiger partial charge on any atom is -0.398 e. The van der Waals surface area contributed by atoms with Crippen molar-refractivity contribution in [3.8, 4) is 0 Å². The molecule has 2 aromatic rings. The van der Waals surface area contributed by atoms with Crippen LogP contribution in [0.15, 0.2) is 56.7 Å². The fraction of sp³-hybridized carbons (Fsp3) is 0. The van der Waals surface area contributed by atoms with Gasteiger partial charge in [-0.2, -0.15) is 0 Å². The molecule has 0 fully saturated rings. The third-order valence-corrected chi connectivity index (χ3v) is 3.96. The van der Waals surface area contributed by atoms with Gasteiger partial charge in [-0.25, -0.2) is 0 Å². The molecule has 0 radical (unpaired) electrons. The summed E-state index contributed by atoms with van der Waals surface area (Å²) in [7, 11) is 0. The highest BCUT2D eigenvalue weighted by Gasteiger charge is 2.06. The zero-order valence-corrected chi connectivity index (χ0v) is 11.8. The van der Waals surface area contributed by atoms with Gasteiger partial charge >= 0.3 is 0 Å². The maximum absolute atomic E-state index is 11.0. The van der Waals surface area contributed by atoms with E-state index in [4.69, 9.17) is 11.5 Å². The molecule has 0 saturated carbocycles. The van der Waals surface area contributed by atoms with Crippen molar-refractivity contribution < 1.29 is 4.79 Å². The van der Waals surface area contributed by atoms with Gasteiger partial charge in [-0.15, -0.1) is 0 Å². The van der Waals surface area contributed by atoms with E-state index in [1.807, 2.05) is 30.3 Å². The van der Waals surface area contributed by atoms with Crippen molar-refractivity contribution in [2.24, 2.45) is 5.73 Å². The van der Waals surface area contributed by atoms with Crippen LogP contribution in [0.2, 0.25) is 0 Å². The predicted octanol–water partition coefficient (Wildman–Crippen LogP) is 3.28. The highest BCUT2D eigenvalue weighted by Crippen LogP contribution is 2.33. The van der Waals surface area contributed by atoms with E-state index in [9.17, 15) is 4.79 Å². The van der Waals surface area contributed by atoms with Crippen LogP contribution >= 0.6 is 27.7 Å². The van der Waals surface area contributed by atoms with E-state index in [0.717, 1.165) is 14.3 Å². The fourth-order valence-corrected chi connectivity index (χ4v) is 2.53. The van der Waals surface area contributed by atoms with Crippen molar-refractivity contribution in [3.63, 3.8) is 0 Å². The van der Waals surface area contributed by atoms with Crippen molar-refractivity contribution in [1.29, 1.82) is 0 Å². The molecule has 0 heterocycles. The number of rotatable bonds is 3. The molecule has 3 nitrogen and oxygen atoms in total. The van der Waals surface area contributed by atoms with Gasteiger partial charge in [-0.05, 0) is 42.5 Å². The Hall–Kier alpha value is -1.46. The molecule has 2 aromatic carbocycles. The van der Waals surface area contributed by atoms with E-state index in [1.165, 1.54) is 0 Å². The zero-order chi connectivity index (χ0) is 13.1. The van der Waals surface area contributed by atoms with E-state index in [2.05, 4.69) is 15.9 Å². The Kier molecular flexibility index (Phi) is 3.93. The van der Waals surface area contributed by atoms with E-state index >= 15 is 0 Å². The number of nitrogen functional groups attached to an aromatic ring is 1. The van der Waals surface area contributed by atoms with Crippen molar-refractivity contribution >= 4 is 39.3 Å². The number of primary amides is 1. The van der Waals surface area contributed by atoms with Crippen LogP contribution in [0.3, 0.4) is 0 Å². The van der Waals surface area contributed by atoms with Crippen LogP contribution in [0.5, 0.6) is 0 Å². The maximum atomic E-state index is 11.0. The molecule has 0 bridgehead atoms. The first-order chi connectivity index (χ1) is 8.56. The molecule has 0 spiro atoms. The molecule has 0 saturated heterocycles. The molecular weight excluding hydrogens is 312 g/mol. The molecule has 1 amide bonds. The average molecular weight is 323 g/mol. The lowest BCUT2D eigenvalue weighted by atomic mass is 10.2. The number of hydrogen-bond donors (Lipinski definition) is 2. The van der Waals surface area contributed by atoms with E-state index < -0.39 is 5.91 Å². The van der Waals surface area contributed by atoms with Crippen molar-refractivity contribution in [2.45, 2.75) is 9.79 Å². The number of halogens is 1. The van der Waals surface area contributed by atoms with E-state index in [-0.39, 0.29) is 0 Å². The number of hydrogen-bond acceptors (Lipinski definition) is 3. The van der Waals surface area contributed by atoms with Crippen molar-refractivity contribution in [2.75, 3.05) is 5.73 Å². The van der Waals surface area contributed by atoms with Gasteiger partial charge in [0.2, 0.25) is 5.91 Å². The first-order valence-corrected chi connectivity index (χ1v) is 6.80. The van der Waals surface area contributed by atoms with Crippen LogP contribution in [-0.2, 0) is 0 Å². The van der Waals surface area contributed by atoms with Crippen LogP contribution in [0, 0.1) is 0 Å². The fourth-order valence-electron chi connectivity index (χ4n) is 1.42. The van der Waals surface area contributed by atoms with E-state index in [1.54, 1.807) is 23.9 Å². The Morgan fingerprint density at radius 2 is 1.78 bits per heavy atom. The molecule has 18 heavy (non-hydrogen) atoms. The average Bonchev–Trinajstić information content (AvgIpc) is 2.34. The van der Waals surface area contributed by atoms with Crippen LogP contribution in [-0.4, -0.2) is 5.91 Å². The van der Waals surface area contributed by atoms with Crippen molar-refractivity contribution in [1.82, 2.24) is 0 Å². The Labute approximate surface area is 118 Å². The molecule has 0 aliphatic rings. The second-order valence-electron chi connectivity index (χ2n) is 3.67. The Balaban J connectivity index is 2.24. The molecule has 5 heteroatoms. The number of anilines is 1. The molecular formula is C13H11BrN2OS. The third-order valence-electron chi connectivity index (χ3n) is 2.34. The molecule has 0 aliphatic heterocycles. The van der Waals surface area contributed by atoms with E-state index in [0.29, 0.717) is 11.3 Å². The van der Waals surface area contributed by atoms with Crippen LogP contribution in [0.4, 0.5) is 5.69 Å². The molecule has 0 aliphatic carbocycles. The van der Waals surface area contributed by atoms with Crippen LogP contribution < -0.4 is 11.5 Å². The van der Waals surface area contributed by atoms with Crippen LogP contribution in [0.1, 0.15) is 10.4 Å². The van der Waals surface area contributed by atoms with Gasteiger partial charge in [0.1, 0.15) is 0 Å². The number of carbonyl (C=O) groups is 1. The summed E-state index contributed by atoms with van der Waals surface area (Å²) in [4.78, 5) is 13.0. The molecule has 0 aromatic heterocycles. The summed E-state index contributed by atoms with van der Waals surface area (Å²) in [5.74, 6) is -0.470. The van der Waals surface area contributed by atoms with Gasteiger partial charge in [-0.1, -0.05) is 27.7 Å². The summed E-state index contributed by atoms with van der Waals surface area (Å²) in [5.41, 5.74) is 12.1. The first kappa shape index (κ1) is 13.0. The number of nitrogens with two attached hydrogens (primary N) is 2. The minimum absolute atomic E-state index is 0.424. The maximum Gasteiger partial charge on any atom is 0.248 e. The number of amides is 1. The smallest absolute Gasteiger partial charge is 0.248 e. The van der Waals surface area contributed by atoms with Gasteiger partial charge in [0.05, 0.1) is 0 Å². The molecule has 4 N–H and O–H groups in total. The topological polar surface area (TPSA) is 69.1 Å². The van der Waals surface area contributed by atoms with Crippen molar-refractivity contribution in [3.05, 3.63) is 52.5 Å². The highest BCUT2D eigenvalue weighted by molar-refractivity contribution is 9.10. The number of carbonyl (C=O) groups excluding carboxylic acids is 1. The lowest BCUT2D eigenvalue weighted by Crippen LogP contribution is -2.11. The number of benzene rings is 2. The monoisotopic (exact) mass is 322 g/mol. The summed E-state index contributed by atoms with van der Waals surface area (Å²) in [6.45, 7) is 0. The predicted molar refractivity (Wildman–Crippen MR) is 77.6 cm³/mol. The lowest BCUT2D eigenvalue weighted by Gasteiger charge is -2.06. The molecule has 0 unspecified atom stereocenters. The van der Waals surface area contributed by atoms with Gasteiger partial charge in [0.25, 0.3) is 0 Å². The Bertz CT molecular complexity index is 584. The standard InChI is InChI=1S/C13H11BrN2OS/c14-9-2-4-10(5-3-9)18-12-6-1-8(13(16)17)7-11(12)15/h1-7H,15H2,(H2,16,17). The summed E-state index contributed by atoms with van der Waals surface area (Å²) < 4.78 is 1.03. The Morgan fingerprint density at radius 1 is 1.11 bits per heavy atom. The quantitative estimate of drug-likeness (QED) is 0.852. The van der Waals surface area contributed by atoms with Gasteiger partial charge in [-0.3, -0.25) is 4.79 Å². The minimum atomic E-state index is -0.470. The second-order valence-corrected chi connectivity index (χ2v) is 5.70. The zero-order valence-electron chi connectivity index (χ0n) is 9.39. The normalized spacial score (nSPS) is 10.3. The molecule has 0 atom stereocenters. The van der Waals surface area contributed by atoms with Gasteiger partial charge < -0.3 is 11.5 Å². The first-order valence-electron chi connectivity index (χ1n) is 5.19. The second kappa shape index (κ2) is 5.46. The SMILES string of the molecule is NC(=O)c1ccc(Sc2ccc(Br)cc2)c(N)c1. The summed E-state index contributed by atoms with van der Waals surface area (Å²) in [6.07, 6.45) is 0. The summed E-state index contributed by atoms with van der Waals surface area (Å²) in [6, 6.07) is 13.0. The summed E-state index contributed by atoms with van der Waals surface area (Å²) >= 11 is 4.93. The van der Waals surface area contributed by atoms with Gasteiger partial charge in [0.15, 0.2) is 0 Å². The molecule has 2 rings (SSSR count). The Morgan fingerprint density at radius 3 is 2.33 bits per heavy atom. The largest absolute Gasteiger partial charge is 0.398 e. The van der Waals surface area contributed by atoms with Crippen LogP contribution in [0.25, 0.3) is 0 Å². The third kappa shape index (κ3) is 3.05. The van der Waals surface area contributed by atoms with Gasteiger partial charge in [0, 0.05) is 25.5 Å².